The molecule has 2 atom stereocenters. The number of ether oxygens (including phenoxy) is 1. The molecule has 0 aromatic carbocycles. The van der Waals surface area contributed by atoms with Crippen molar-refractivity contribution in [2.75, 3.05) is 26.9 Å². The van der Waals surface area contributed by atoms with Crippen LogP contribution < -0.4 is 5.32 Å². The van der Waals surface area contributed by atoms with E-state index in [1.165, 1.54) is 12.8 Å². The molecule has 1 aliphatic rings. The zero-order valence-corrected chi connectivity index (χ0v) is 11.0. The van der Waals surface area contributed by atoms with Gasteiger partial charge in [-0.1, -0.05) is 26.7 Å². The molecule has 96 valence electrons. The lowest BCUT2D eigenvalue weighted by Gasteiger charge is -2.42. The molecule has 0 amide bonds. The van der Waals surface area contributed by atoms with Crippen LogP contribution in [0.1, 0.15) is 39.5 Å². The first-order valence-electron chi connectivity index (χ1n) is 6.48. The van der Waals surface area contributed by atoms with Crippen molar-refractivity contribution in [1.29, 1.82) is 0 Å². The molecule has 1 saturated carbocycles. The molecule has 2 unspecified atom stereocenters. The van der Waals surface area contributed by atoms with E-state index >= 15 is 0 Å². The summed E-state index contributed by atoms with van der Waals surface area (Å²) >= 11 is 0. The Bertz CT molecular complexity index is 196. The zero-order valence-electron chi connectivity index (χ0n) is 11.0. The molecular weight excluding hydrogens is 202 g/mol. The van der Waals surface area contributed by atoms with Crippen LogP contribution in [0.5, 0.6) is 0 Å². The molecule has 2 N–H and O–H groups in total. The predicted octanol–water partition coefficient (Wildman–Crippen LogP) is 1.80. The molecule has 0 aliphatic heterocycles. The Hall–Kier alpha value is -0.120. The number of hydrogen-bond acceptors (Lipinski definition) is 3. The second-order valence-electron chi connectivity index (χ2n) is 5.46. The first-order chi connectivity index (χ1) is 7.63. The monoisotopic (exact) mass is 229 g/mol. The lowest BCUT2D eigenvalue weighted by molar-refractivity contribution is 0.0734. The Kier molecular flexibility index (Phi) is 5.73. The Morgan fingerprint density at radius 2 is 2.25 bits per heavy atom. The summed E-state index contributed by atoms with van der Waals surface area (Å²) in [6.45, 7) is 6.37. The summed E-state index contributed by atoms with van der Waals surface area (Å²) < 4.78 is 5.05. The molecule has 0 aromatic rings. The summed E-state index contributed by atoms with van der Waals surface area (Å²) in [7, 11) is 1.71. The summed E-state index contributed by atoms with van der Waals surface area (Å²) in [5.41, 5.74) is -0.0499. The van der Waals surface area contributed by atoms with Crippen LogP contribution in [0.4, 0.5) is 0 Å². The molecule has 1 rings (SSSR count). The van der Waals surface area contributed by atoms with Gasteiger partial charge in [-0.3, -0.25) is 0 Å². The summed E-state index contributed by atoms with van der Waals surface area (Å²) in [6.07, 6.45) is 4.73. The van der Waals surface area contributed by atoms with E-state index in [1.54, 1.807) is 7.11 Å². The molecule has 0 heterocycles. The van der Waals surface area contributed by atoms with Gasteiger partial charge in [0.15, 0.2) is 0 Å². The highest BCUT2D eigenvalue weighted by Gasteiger charge is 2.36. The van der Waals surface area contributed by atoms with Gasteiger partial charge >= 0.3 is 0 Å². The molecule has 16 heavy (non-hydrogen) atoms. The third kappa shape index (κ3) is 3.72. The quantitative estimate of drug-likeness (QED) is 0.682. The smallest absolute Gasteiger partial charge is 0.0613 e. The van der Waals surface area contributed by atoms with E-state index in [0.717, 1.165) is 31.2 Å². The van der Waals surface area contributed by atoms with E-state index in [1.807, 2.05) is 0 Å². The highest BCUT2D eigenvalue weighted by atomic mass is 16.5. The van der Waals surface area contributed by atoms with Crippen molar-refractivity contribution in [2.24, 2.45) is 11.8 Å². The zero-order chi connectivity index (χ0) is 12.0. The van der Waals surface area contributed by atoms with Crippen molar-refractivity contribution < 1.29 is 9.84 Å². The lowest BCUT2D eigenvalue weighted by Crippen LogP contribution is -2.53. The van der Waals surface area contributed by atoms with E-state index in [0.29, 0.717) is 6.61 Å². The average molecular weight is 229 g/mol. The third-order valence-corrected chi connectivity index (χ3v) is 3.93. The molecule has 0 bridgehead atoms. The van der Waals surface area contributed by atoms with Gasteiger partial charge in [0, 0.05) is 19.2 Å². The molecule has 3 heteroatoms. The van der Waals surface area contributed by atoms with Crippen LogP contribution in [0.25, 0.3) is 0 Å². The van der Waals surface area contributed by atoms with Crippen LogP contribution >= 0.6 is 0 Å². The van der Waals surface area contributed by atoms with Gasteiger partial charge in [-0.15, -0.1) is 0 Å². The van der Waals surface area contributed by atoms with Crippen molar-refractivity contribution in [2.45, 2.75) is 45.1 Å². The maximum Gasteiger partial charge on any atom is 0.0613 e. The van der Waals surface area contributed by atoms with Crippen molar-refractivity contribution in [3.8, 4) is 0 Å². The SMILES string of the molecule is COCCNC1(CO)CCCC(C(C)C)C1. The molecule has 0 spiro atoms. The molecule has 1 fully saturated rings. The van der Waals surface area contributed by atoms with E-state index in [9.17, 15) is 5.11 Å². The van der Waals surface area contributed by atoms with Gasteiger partial charge in [0.05, 0.1) is 13.2 Å². The van der Waals surface area contributed by atoms with Crippen LogP contribution in [0.15, 0.2) is 0 Å². The molecule has 0 saturated heterocycles. The molecule has 3 nitrogen and oxygen atoms in total. The minimum Gasteiger partial charge on any atom is -0.394 e. The molecular formula is C13H27NO2. The molecule has 0 aromatic heterocycles. The van der Waals surface area contributed by atoms with Gasteiger partial charge in [0.25, 0.3) is 0 Å². The Morgan fingerprint density at radius 3 is 2.81 bits per heavy atom. The van der Waals surface area contributed by atoms with E-state index in [4.69, 9.17) is 4.74 Å². The maximum absolute atomic E-state index is 9.64. The number of rotatable bonds is 6. The highest BCUT2D eigenvalue weighted by Crippen LogP contribution is 2.36. The van der Waals surface area contributed by atoms with Crippen molar-refractivity contribution in [1.82, 2.24) is 5.32 Å². The van der Waals surface area contributed by atoms with Gasteiger partial charge < -0.3 is 15.2 Å². The fourth-order valence-corrected chi connectivity index (χ4v) is 2.76. The van der Waals surface area contributed by atoms with E-state index < -0.39 is 0 Å². The molecule has 0 radical (unpaired) electrons. The van der Waals surface area contributed by atoms with Crippen LogP contribution in [-0.4, -0.2) is 37.5 Å². The largest absolute Gasteiger partial charge is 0.394 e. The minimum atomic E-state index is -0.0499. The summed E-state index contributed by atoms with van der Waals surface area (Å²) in [5, 5.41) is 13.1. The summed E-state index contributed by atoms with van der Waals surface area (Å²) in [5.74, 6) is 1.46. The van der Waals surface area contributed by atoms with Gasteiger partial charge in [0.1, 0.15) is 0 Å². The van der Waals surface area contributed by atoms with Crippen LogP contribution in [-0.2, 0) is 4.74 Å². The van der Waals surface area contributed by atoms with Crippen molar-refractivity contribution in [3.05, 3.63) is 0 Å². The first-order valence-corrected chi connectivity index (χ1v) is 6.48. The van der Waals surface area contributed by atoms with Gasteiger partial charge in [-0.05, 0) is 24.7 Å². The van der Waals surface area contributed by atoms with Gasteiger partial charge in [0.2, 0.25) is 0 Å². The minimum absolute atomic E-state index is 0.0499. The van der Waals surface area contributed by atoms with E-state index in [2.05, 4.69) is 19.2 Å². The first kappa shape index (κ1) is 13.9. The maximum atomic E-state index is 9.64. The average Bonchev–Trinajstić information content (AvgIpc) is 2.30. The second kappa shape index (κ2) is 6.58. The van der Waals surface area contributed by atoms with Crippen molar-refractivity contribution in [3.63, 3.8) is 0 Å². The lowest BCUT2D eigenvalue weighted by atomic mass is 9.72. The van der Waals surface area contributed by atoms with Crippen molar-refractivity contribution >= 4 is 0 Å². The standard InChI is InChI=1S/C13H27NO2/c1-11(2)12-5-4-6-13(9-12,10-15)14-7-8-16-3/h11-12,14-15H,4-10H2,1-3H3. The Morgan fingerprint density at radius 1 is 1.50 bits per heavy atom. The highest BCUT2D eigenvalue weighted by molar-refractivity contribution is 4.93. The number of nitrogens with one attached hydrogen (secondary N) is 1. The number of methoxy groups -OCH3 is 1. The second-order valence-corrected chi connectivity index (χ2v) is 5.46. The Balaban J connectivity index is 2.49. The summed E-state index contributed by atoms with van der Waals surface area (Å²) in [6, 6.07) is 0. The number of aliphatic hydroxyl groups is 1. The predicted molar refractivity (Wildman–Crippen MR) is 66.5 cm³/mol. The van der Waals surface area contributed by atoms with Crippen LogP contribution in [0, 0.1) is 11.8 Å². The normalized spacial score (nSPS) is 30.9. The van der Waals surface area contributed by atoms with Crippen LogP contribution in [0.2, 0.25) is 0 Å². The third-order valence-electron chi connectivity index (χ3n) is 3.93. The fourth-order valence-electron chi connectivity index (χ4n) is 2.76. The summed E-state index contributed by atoms with van der Waals surface area (Å²) in [4.78, 5) is 0. The van der Waals surface area contributed by atoms with E-state index in [-0.39, 0.29) is 12.1 Å². The van der Waals surface area contributed by atoms with Crippen LogP contribution in [0.3, 0.4) is 0 Å². The number of hydrogen-bond donors (Lipinski definition) is 2. The van der Waals surface area contributed by atoms with Gasteiger partial charge in [-0.2, -0.15) is 0 Å². The molecule has 1 aliphatic carbocycles. The number of aliphatic hydroxyl groups excluding tert-OH is 1. The van der Waals surface area contributed by atoms with Gasteiger partial charge in [-0.25, -0.2) is 0 Å². The Labute approximate surface area is 99.6 Å². The fraction of sp³-hybridized carbons (Fsp3) is 1.00. The topological polar surface area (TPSA) is 41.5 Å².